The van der Waals surface area contributed by atoms with Crippen LogP contribution in [-0.2, 0) is 24.8 Å². The molecule has 0 atom stereocenters. The molecule has 0 saturated carbocycles. The van der Waals surface area contributed by atoms with Gasteiger partial charge >= 0.3 is 0 Å². The molecule has 1 aliphatic rings. The molecule has 0 radical (unpaired) electrons. The van der Waals surface area contributed by atoms with Crippen molar-refractivity contribution in [3.05, 3.63) is 40.8 Å². The first-order chi connectivity index (χ1) is 12.4. The van der Waals surface area contributed by atoms with Crippen LogP contribution in [0.4, 0.5) is 5.82 Å². The highest BCUT2D eigenvalue weighted by atomic mass is 16.1. The summed E-state index contributed by atoms with van der Waals surface area (Å²) < 4.78 is 1.82. The van der Waals surface area contributed by atoms with Crippen molar-refractivity contribution in [3.8, 4) is 0 Å². The van der Waals surface area contributed by atoms with Gasteiger partial charge in [-0.15, -0.1) is 0 Å². The number of likely N-dealkylation sites (N-methyl/N-ethyl adjacent to an activating group) is 1. The van der Waals surface area contributed by atoms with Gasteiger partial charge in [0, 0.05) is 57.2 Å². The van der Waals surface area contributed by atoms with Crippen molar-refractivity contribution in [2.45, 2.75) is 26.8 Å². The van der Waals surface area contributed by atoms with Gasteiger partial charge in [0.05, 0.1) is 12.1 Å². The first-order valence-corrected chi connectivity index (χ1v) is 9.08. The zero-order valence-electron chi connectivity index (χ0n) is 16.1. The molecule has 0 spiro atoms. The van der Waals surface area contributed by atoms with E-state index in [1.165, 1.54) is 0 Å². The average Bonchev–Trinajstić information content (AvgIpc) is 2.87. The van der Waals surface area contributed by atoms with Gasteiger partial charge in [0.15, 0.2) is 0 Å². The lowest BCUT2D eigenvalue weighted by Gasteiger charge is -2.33. The Hall–Kier alpha value is -2.41. The van der Waals surface area contributed by atoms with E-state index in [0.29, 0.717) is 13.0 Å². The molecular formula is C19H28N6O. The van der Waals surface area contributed by atoms with Gasteiger partial charge < -0.3 is 15.1 Å². The van der Waals surface area contributed by atoms with Gasteiger partial charge in [-0.2, -0.15) is 5.10 Å². The van der Waals surface area contributed by atoms with Crippen LogP contribution in [-0.4, -0.2) is 58.8 Å². The van der Waals surface area contributed by atoms with Crippen molar-refractivity contribution >= 4 is 11.7 Å². The molecule has 0 unspecified atom stereocenters. The number of nitrogens with one attached hydrogen (secondary N) is 1. The van der Waals surface area contributed by atoms with Gasteiger partial charge in [-0.1, -0.05) is 0 Å². The van der Waals surface area contributed by atoms with Gasteiger partial charge in [0.25, 0.3) is 0 Å². The minimum absolute atomic E-state index is 0.0159. The Morgan fingerprint density at radius 2 is 1.92 bits per heavy atom. The number of nitrogens with zero attached hydrogens (tertiary/aromatic N) is 5. The molecule has 3 rings (SSSR count). The number of aryl methyl sites for hydroxylation is 2. The largest absolute Gasteiger partial charge is 0.354 e. The van der Waals surface area contributed by atoms with E-state index < -0.39 is 0 Å². The second-order valence-corrected chi connectivity index (χ2v) is 7.04. The Labute approximate surface area is 155 Å². The van der Waals surface area contributed by atoms with E-state index in [2.05, 4.69) is 38.3 Å². The van der Waals surface area contributed by atoms with E-state index >= 15 is 0 Å². The van der Waals surface area contributed by atoms with Crippen LogP contribution in [0.2, 0.25) is 0 Å². The number of hydrogen-bond donors (Lipinski definition) is 1. The maximum atomic E-state index is 12.3. The van der Waals surface area contributed by atoms with Crippen LogP contribution < -0.4 is 10.2 Å². The third-order valence-corrected chi connectivity index (χ3v) is 5.12. The summed E-state index contributed by atoms with van der Waals surface area (Å²) in [5.74, 6) is 1.01. The highest BCUT2D eigenvalue weighted by Gasteiger charge is 2.16. The van der Waals surface area contributed by atoms with Gasteiger partial charge in [-0.05, 0) is 38.6 Å². The van der Waals surface area contributed by atoms with Crippen LogP contribution in [0.15, 0.2) is 18.3 Å². The van der Waals surface area contributed by atoms with Gasteiger partial charge in [0.1, 0.15) is 5.82 Å². The average molecular weight is 356 g/mol. The fourth-order valence-corrected chi connectivity index (χ4v) is 3.28. The third-order valence-electron chi connectivity index (χ3n) is 5.12. The minimum atomic E-state index is 0.0159. The molecule has 3 heterocycles. The number of rotatable bonds is 5. The quantitative estimate of drug-likeness (QED) is 0.867. The molecule has 1 aliphatic heterocycles. The number of pyridine rings is 1. The molecule has 0 bridgehead atoms. The number of aromatic nitrogens is 3. The third kappa shape index (κ3) is 4.22. The van der Waals surface area contributed by atoms with Gasteiger partial charge in [0.2, 0.25) is 5.91 Å². The first kappa shape index (κ1) is 18.4. The van der Waals surface area contributed by atoms with E-state index in [1.54, 1.807) is 0 Å². The van der Waals surface area contributed by atoms with E-state index in [4.69, 9.17) is 0 Å². The summed E-state index contributed by atoms with van der Waals surface area (Å²) in [4.78, 5) is 21.5. The Balaban J connectivity index is 1.57. The van der Waals surface area contributed by atoms with E-state index in [1.807, 2.05) is 37.8 Å². The summed E-state index contributed by atoms with van der Waals surface area (Å²) >= 11 is 0. The number of carbonyl (C=O) groups excluding carboxylic acids is 1. The molecule has 140 valence electrons. The summed E-state index contributed by atoms with van der Waals surface area (Å²) in [6.45, 7) is 8.52. The number of piperazine rings is 1. The molecule has 26 heavy (non-hydrogen) atoms. The predicted octanol–water partition coefficient (Wildman–Crippen LogP) is 1.04. The molecule has 7 nitrogen and oxygen atoms in total. The topological polar surface area (TPSA) is 66.3 Å². The van der Waals surface area contributed by atoms with E-state index in [0.717, 1.165) is 54.5 Å². The number of carbonyl (C=O) groups is 1. The number of hydrogen-bond acceptors (Lipinski definition) is 5. The molecule has 0 aromatic carbocycles. The van der Waals surface area contributed by atoms with Crippen LogP contribution >= 0.6 is 0 Å². The molecule has 1 saturated heterocycles. The van der Waals surface area contributed by atoms with Crippen LogP contribution in [0.1, 0.15) is 22.5 Å². The second kappa shape index (κ2) is 7.86. The Morgan fingerprint density at radius 3 is 2.58 bits per heavy atom. The van der Waals surface area contributed by atoms with Crippen LogP contribution in [0.5, 0.6) is 0 Å². The standard InChI is InChI=1S/C19H28N6O/c1-14-17(15(2)24(4)22-14)12-19(26)21-13-16-5-6-20-18(11-16)25-9-7-23(3)8-10-25/h5-6,11H,7-10,12-13H2,1-4H3,(H,21,26). The Bertz CT molecular complexity index is 776. The Kier molecular flexibility index (Phi) is 5.56. The monoisotopic (exact) mass is 356 g/mol. The smallest absolute Gasteiger partial charge is 0.224 e. The highest BCUT2D eigenvalue weighted by molar-refractivity contribution is 5.79. The summed E-state index contributed by atoms with van der Waals surface area (Å²) in [7, 11) is 4.04. The zero-order chi connectivity index (χ0) is 18.7. The second-order valence-electron chi connectivity index (χ2n) is 7.04. The van der Waals surface area contributed by atoms with Crippen molar-refractivity contribution in [2.24, 2.45) is 7.05 Å². The molecule has 0 aliphatic carbocycles. The fraction of sp³-hybridized carbons (Fsp3) is 0.526. The van der Waals surface area contributed by atoms with E-state index in [9.17, 15) is 4.79 Å². The summed E-state index contributed by atoms with van der Waals surface area (Å²) in [6.07, 6.45) is 2.19. The molecule has 2 aromatic rings. The molecular weight excluding hydrogens is 328 g/mol. The van der Waals surface area contributed by atoms with Crippen molar-refractivity contribution < 1.29 is 4.79 Å². The van der Waals surface area contributed by atoms with Crippen LogP contribution in [0.25, 0.3) is 0 Å². The van der Waals surface area contributed by atoms with Crippen molar-refractivity contribution in [1.29, 1.82) is 0 Å². The maximum Gasteiger partial charge on any atom is 0.224 e. The first-order valence-electron chi connectivity index (χ1n) is 9.08. The number of amides is 1. The lowest BCUT2D eigenvalue weighted by molar-refractivity contribution is -0.120. The molecule has 1 fully saturated rings. The summed E-state index contributed by atoms with van der Waals surface area (Å²) in [5, 5.41) is 7.39. The summed E-state index contributed by atoms with van der Waals surface area (Å²) in [6, 6.07) is 4.03. The fourth-order valence-electron chi connectivity index (χ4n) is 3.28. The lowest BCUT2D eigenvalue weighted by atomic mass is 10.1. The van der Waals surface area contributed by atoms with Crippen molar-refractivity contribution in [1.82, 2.24) is 25.0 Å². The predicted molar refractivity (Wildman–Crippen MR) is 102 cm³/mol. The van der Waals surface area contributed by atoms with Crippen molar-refractivity contribution in [3.63, 3.8) is 0 Å². The van der Waals surface area contributed by atoms with E-state index in [-0.39, 0.29) is 5.91 Å². The SMILES string of the molecule is Cc1nn(C)c(C)c1CC(=O)NCc1ccnc(N2CCN(C)CC2)c1. The van der Waals surface area contributed by atoms with Crippen molar-refractivity contribution in [2.75, 3.05) is 38.1 Å². The molecule has 1 amide bonds. The number of anilines is 1. The maximum absolute atomic E-state index is 12.3. The normalized spacial score (nSPS) is 15.3. The molecule has 7 heteroatoms. The molecule has 2 aromatic heterocycles. The minimum Gasteiger partial charge on any atom is -0.354 e. The van der Waals surface area contributed by atoms with Gasteiger partial charge in [-0.3, -0.25) is 9.48 Å². The molecule has 1 N–H and O–H groups in total. The Morgan fingerprint density at radius 1 is 1.19 bits per heavy atom. The zero-order valence-corrected chi connectivity index (χ0v) is 16.1. The summed E-state index contributed by atoms with van der Waals surface area (Å²) in [5.41, 5.74) is 4.04. The van der Waals surface area contributed by atoms with Gasteiger partial charge in [-0.25, -0.2) is 4.98 Å². The lowest BCUT2D eigenvalue weighted by Crippen LogP contribution is -2.44. The van der Waals surface area contributed by atoms with Crippen LogP contribution in [0, 0.1) is 13.8 Å². The van der Waals surface area contributed by atoms with Crippen LogP contribution in [0.3, 0.4) is 0 Å². The highest BCUT2D eigenvalue weighted by Crippen LogP contribution is 2.15.